The first-order valence-electron chi connectivity index (χ1n) is 4.27. The van der Waals surface area contributed by atoms with Gasteiger partial charge in [0.05, 0.1) is 6.61 Å². The van der Waals surface area contributed by atoms with Crippen LogP contribution >= 0.6 is 0 Å². The summed E-state index contributed by atoms with van der Waals surface area (Å²) in [5.41, 5.74) is 3.70. The van der Waals surface area contributed by atoms with Crippen LogP contribution in [0.25, 0.3) is 0 Å². The third-order valence-corrected chi connectivity index (χ3v) is 2.46. The predicted octanol–water partition coefficient (Wildman–Crippen LogP) is 1.34. The molecule has 0 saturated heterocycles. The van der Waals surface area contributed by atoms with E-state index < -0.39 is 0 Å². The van der Waals surface area contributed by atoms with Gasteiger partial charge in [0.2, 0.25) is 0 Å². The van der Waals surface area contributed by atoms with Crippen molar-refractivity contribution < 1.29 is 5.11 Å². The lowest BCUT2D eigenvalue weighted by atomic mass is 10.0. The molecule has 0 radical (unpaired) electrons. The van der Waals surface area contributed by atoms with E-state index in [0.29, 0.717) is 6.04 Å². The standard InChI is InChI=1S/C10H13NO/c1-7-10-4-8(6-12)2-3-9(10)5-11-7/h2-4,7,11-12H,5-6H2,1H3/t7-/m0/s1. The third kappa shape index (κ3) is 1.13. The number of hydrogen-bond donors (Lipinski definition) is 2. The Kier molecular flexibility index (Phi) is 1.87. The third-order valence-electron chi connectivity index (χ3n) is 2.46. The molecule has 0 fully saturated rings. The molecule has 1 aliphatic rings. The van der Waals surface area contributed by atoms with E-state index in [0.717, 1.165) is 12.1 Å². The van der Waals surface area contributed by atoms with Gasteiger partial charge in [-0.1, -0.05) is 18.2 Å². The summed E-state index contributed by atoms with van der Waals surface area (Å²) in [5, 5.41) is 12.3. The summed E-state index contributed by atoms with van der Waals surface area (Å²) in [4.78, 5) is 0. The van der Waals surface area contributed by atoms with Gasteiger partial charge in [0, 0.05) is 12.6 Å². The van der Waals surface area contributed by atoms with Crippen LogP contribution in [-0.2, 0) is 13.2 Å². The zero-order chi connectivity index (χ0) is 8.55. The molecule has 0 amide bonds. The number of hydrogen-bond acceptors (Lipinski definition) is 2. The van der Waals surface area contributed by atoms with Gasteiger partial charge in [0.1, 0.15) is 0 Å². The van der Waals surface area contributed by atoms with Crippen molar-refractivity contribution in [3.63, 3.8) is 0 Å². The van der Waals surface area contributed by atoms with Gasteiger partial charge >= 0.3 is 0 Å². The average Bonchev–Trinajstić information content (AvgIpc) is 2.47. The first-order valence-corrected chi connectivity index (χ1v) is 4.27. The van der Waals surface area contributed by atoms with Crippen LogP contribution in [-0.4, -0.2) is 5.11 Å². The molecule has 1 aromatic carbocycles. The number of nitrogens with one attached hydrogen (secondary N) is 1. The monoisotopic (exact) mass is 163 g/mol. The van der Waals surface area contributed by atoms with Crippen molar-refractivity contribution in [3.8, 4) is 0 Å². The fourth-order valence-corrected chi connectivity index (χ4v) is 1.68. The van der Waals surface area contributed by atoms with Gasteiger partial charge in [-0.3, -0.25) is 0 Å². The predicted molar refractivity (Wildman–Crippen MR) is 47.6 cm³/mol. The number of benzene rings is 1. The lowest BCUT2D eigenvalue weighted by Gasteiger charge is -2.05. The molecule has 64 valence electrons. The normalized spacial score (nSPS) is 21.0. The Morgan fingerprint density at radius 1 is 1.58 bits per heavy atom. The van der Waals surface area contributed by atoms with E-state index >= 15 is 0 Å². The summed E-state index contributed by atoms with van der Waals surface area (Å²) >= 11 is 0. The molecule has 0 saturated carbocycles. The van der Waals surface area contributed by atoms with E-state index in [-0.39, 0.29) is 6.61 Å². The highest BCUT2D eigenvalue weighted by Crippen LogP contribution is 2.25. The largest absolute Gasteiger partial charge is 0.392 e. The Morgan fingerprint density at radius 2 is 2.42 bits per heavy atom. The van der Waals surface area contributed by atoms with Crippen LogP contribution in [0.15, 0.2) is 18.2 Å². The van der Waals surface area contributed by atoms with Crippen molar-refractivity contribution in [1.29, 1.82) is 0 Å². The van der Waals surface area contributed by atoms with Crippen molar-refractivity contribution in [3.05, 3.63) is 34.9 Å². The fraction of sp³-hybridized carbons (Fsp3) is 0.400. The van der Waals surface area contributed by atoms with Crippen molar-refractivity contribution in [2.45, 2.75) is 26.1 Å². The second-order valence-corrected chi connectivity index (χ2v) is 3.29. The van der Waals surface area contributed by atoms with Gasteiger partial charge in [0.25, 0.3) is 0 Å². The fourth-order valence-electron chi connectivity index (χ4n) is 1.68. The minimum Gasteiger partial charge on any atom is -0.392 e. The smallest absolute Gasteiger partial charge is 0.0681 e. The molecule has 2 heteroatoms. The molecule has 2 N–H and O–H groups in total. The molecule has 1 aromatic rings. The SMILES string of the molecule is C[C@@H]1NCc2ccc(CO)cc21. The van der Waals surface area contributed by atoms with Crippen LogP contribution in [0.3, 0.4) is 0 Å². The first-order chi connectivity index (χ1) is 5.81. The quantitative estimate of drug-likeness (QED) is 0.655. The summed E-state index contributed by atoms with van der Waals surface area (Å²) in [6.45, 7) is 3.25. The van der Waals surface area contributed by atoms with E-state index in [1.807, 2.05) is 6.07 Å². The lowest BCUT2D eigenvalue weighted by Crippen LogP contribution is -2.07. The van der Waals surface area contributed by atoms with Crippen LogP contribution in [0.2, 0.25) is 0 Å². The maximum atomic E-state index is 8.93. The molecule has 0 bridgehead atoms. The Bertz CT molecular complexity index is 296. The van der Waals surface area contributed by atoms with Crippen LogP contribution in [0.5, 0.6) is 0 Å². The maximum Gasteiger partial charge on any atom is 0.0681 e. The minimum absolute atomic E-state index is 0.139. The first kappa shape index (κ1) is 7.77. The van der Waals surface area contributed by atoms with Gasteiger partial charge in [-0.15, -0.1) is 0 Å². The maximum absolute atomic E-state index is 8.93. The summed E-state index contributed by atoms with van der Waals surface area (Å²) in [6.07, 6.45) is 0. The molecule has 1 atom stereocenters. The Balaban J connectivity index is 2.43. The van der Waals surface area contributed by atoms with Crippen LogP contribution in [0, 0.1) is 0 Å². The number of aliphatic hydroxyl groups excluding tert-OH is 1. The molecule has 0 spiro atoms. The molecule has 2 rings (SSSR count). The molecule has 2 nitrogen and oxygen atoms in total. The highest BCUT2D eigenvalue weighted by molar-refractivity contribution is 5.36. The van der Waals surface area contributed by atoms with Crippen molar-refractivity contribution in [1.82, 2.24) is 5.32 Å². The van der Waals surface area contributed by atoms with Gasteiger partial charge < -0.3 is 10.4 Å². The molecule has 0 aliphatic carbocycles. The number of fused-ring (bicyclic) bond motifs is 1. The lowest BCUT2D eigenvalue weighted by molar-refractivity contribution is 0.281. The average molecular weight is 163 g/mol. The Morgan fingerprint density at radius 3 is 3.17 bits per heavy atom. The second kappa shape index (κ2) is 2.88. The highest BCUT2D eigenvalue weighted by atomic mass is 16.3. The van der Waals surface area contributed by atoms with Crippen molar-refractivity contribution >= 4 is 0 Å². The molecule has 1 aliphatic heterocycles. The molecular weight excluding hydrogens is 150 g/mol. The van der Waals surface area contributed by atoms with Crippen LogP contribution in [0.4, 0.5) is 0 Å². The molecule has 1 heterocycles. The van der Waals surface area contributed by atoms with Crippen LogP contribution < -0.4 is 5.32 Å². The molecule has 0 unspecified atom stereocenters. The Labute approximate surface area is 72.2 Å². The summed E-state index contributed by atoms with van der Waals surface area (Å²) in [5.74, 6) is 0. The molecular formula is C10H13NO. The highest BCUT2D eigenvalue weighted by Gasteiger charge is 2.16. The van der Waals surface area contributed by atoms with E-state index in [1.165, 1.54) is 11.1 Å². The minimum atomic E-state index is 0.139. The van der Waals surface area contributed by atoms with Crippen LogP contribution in [0.1, 0.15) is 29.7 Å². The van der Waals surface area contributed by atoms with E-state index in [1.54, 1.807) is 0 Å². The van der Waals surface area contributed by atoms with Crippen molar-refractivity contribution in [2.24, 2.45) is 0 Å². The van der Waals surface area contributed by atoms with Gasteiger partial charge in [-0.2, -0.15) is 0 Å². The summed E-state index contributed by atoms with van der Waals surface area (Å²) in [6, 6.07) is 6.60. The van der Waals surface area contributed by atoms with Gasteiger partial charge in [0.15, 0.2) is 0 Å². The van der Waals surface area contributed by atoms with E-state index in [9.17, 15) is 0 Å². The number of aliphatic hydroxyl groups is 1. The molecule has 12 heavy (non-hydrogen) atoms. The Hall–Kier alpha value is -0.860. The molecule has 0 aromatic heterocycles. The summed E-state index contributed by atoms with van der Waals surface area (Å²) in [7, 11) is 0. The van der Waals surface area contributed by atoms with Gasteiger partial charge in [-0.05, 0) is 23.6 Å². The zero-order valence-corrected chi connectivity index (χ0v) is 7.17. The van der Waals surface area contributed by atoms with Crippen molar-refractivity contribution in [2.75, 3.05) is 0 Å². The van der Waals surface area contributed by atoms with E-state index in [4.69, 9.17) is 5.11 Å². The summed E-state index contributed by atoms with van der Waals surface area (Å²) < 4.78 is 0. The van der Waals surface area contributed by atoms with Gasteiger partial charge in [-0.25, -0.2) is 0 Å². The van der Waals surface area contributed by atoms with E-state index in [2.05, 4.69) is 24.4 Å². The number of rotatable bonds is 1. The topological polar surface area (TPSA) is 32.3 Å². The second-order valence-electron chi connectivity index (χ2n) is 3.29. The zero-order valence-electron chi connectivity index (χ0n) is 7.17.